The lowest BCUT2D eigenvalue weighted by Crippen LogP contribution is -2.41. The third-order valence-corrected chi connectivity index (χ3v) is 1.86. The van der Waals surface area contributed by atoms with Gasteiger partial charge in [-0.05, 0) is 6.08 Å². The molecule has 0 saturated carbocycles. The van der Waals surface area contributed by atoms with Gasteiger partial charge in [0, 0.05) is 18.6 Å². The zero-order valence-corrected chi connectivity index (χ0v) is 7.03. The molecular weight excluding hydrogens is 186 g/mol. The van der Waals surface area contributed by atoms with Crippen molar-refractivity contribution in [3.8, 4) is 0 Å². The molecule has 72 valence electrons. The SMILES string of the molecule is O=C(O)C1=CN=C2N=CC=CN2[C@H]1O. The average Bonchev–Trinajstić information content (AvgIpc) is 2.18. The summed E-state index contributed by atoms with van der Waals surface area (Å²) in [6, 6.07) is 0. The van der Waals surface area contributed by atoms with E-state index in [9.17, 15) is 9.90 Å². The van der Waals surface area contributed by atoms with Crippen LogP contribution in [0.2, 0.25) is 0 Å². The lowest BCUT2D eigenvalue weighted by molar-refractivity contribution is -0.134. The first-order chi connectivity index (χ1) is 6.70. The normalized spacial score (nSPS) is 24.1. The average molecular weight is 193 g/mol. The molecule has 6 nitrogen and oxygen atoms in total. The zero-order chi connectivity index (χ0) is 10.1. The number of aliphatic carboxylic acids is 1. The number of hydrogen-bond acceptors (Lipinski definition) is 5. The molecule has 1 atom stereocenters. The first-order valence-electron chi connectivity index (χ1n) is 3.88. The van der Waals surface area contributed by atoms with E-state index < -0.39 is 12.2 Å². The van der Waals surface area contributed by atoms with Crippen molar-refractivity contribution < 1.29 is 15.0 Å². The summed E-state index contributed by atoms with van der Waals surface area (Å²) in [7, 11) is 0. The van der Waals surface area contributed by atoms with Crippen molar-refractivity contribution in [3.05, 3.63) is 24.0 Å². The van der Waals surface area contributed by atoms with E-state index in [1.165, 1.54) is 17.3 Å². The van der Waals surface area contributed by atoms with E-state index in [0.717, 1.165) is 6.20 Å². The summed E-state index contributed by atoms with van der Waals surface area (Å²) in [6.07, 6.45) is 4.50. The van der Waals surface area contributed by atoms with Gasteiger partial charge in [-0.3, -0.25) is 4.90 Å². The minimum atomic E-state index is -1.23. The number of nitrogens with zero attached hydrogens (tertiary/aromatic N) is 3. The molecule has 0 spiro atoms. The van der Waals surface area contributed by atoms with Gasteiger partial charge in [0.1, 0.15) is 5.57 Å². The second-order valence-corrected chi connectivity index (χ2v) is 2.72. The number of fused-ring (bicyclic) bond motifs is 1. The van der Waals surface area contributed by atoms with Crippen LogP contribution in [0.25, 0.3) is 0 Å². The van der Waals surface area contributed by atoms with Crippen LogP contribution in [0.5, 0.6) is 0 Å². The number of aliphatic imine (C=N–C) groups is 2. The van der Waals surface area contributed by atoms with E-state index in [4.69, 9.17) is 5.11 Å². The monoisotopic (exact) mass is 193 g/mol. The van der Waals surface area contributed by atoms with E-state index in [1.54, 1.807) is 6.08 Å². The van der Waals surface area contributed by atoms with Crippen molar-refractivity contribution in [2.24, 2.45) is 9.98 Å². The first-order valence-corrected chi connectivity index (χ1v) is 3.88. The Balaban J connectivity index is 2.39. The molecule has 0 saturated heterocycles. The topological polar surface area (TPSA) is 85.5 Å². The lowest BCUT2D eigenvalue weighted by Gasteiger charge is -2.29. The number of carboxylic acid groups (broad SMARTS) is 1. The highest BCUT2D eigenvalue weighted by molar-refractivity contribution is 5.98. The van der Waals surface area contributed by atoms with Crippen LogP contribution in [-0.2, 0) is 4.79 Å². The Kier molecular flexibility index (Phi) is 1.90. The van der Waals surface area contributed by atoms with Crippen molar-refractivity contribution in [3.63, 3.8) is 0 Å². The highest BCUT2D eigenvalue weighted by atomic mass is 16.4. The fraction of sp³-hybridized carbons (Fsp3) is 0.125. The summed E-state index contributed by atoms with van der Waals surface area (Å²) < 4.78 is 0. The van der Waals surface area contributed by atoms with Gasteiger partial charge < -0.3 is 10.2 Å². The number of carbonyl (C=O) groups is 1. The fourth-order valence-corrected chi connectivity index (χ4v) is 1.17. The van der Waals surface area contributed by atoms with Crippen LogP contribution in [-0.4, -0.2) is 39.5 Å². The van der Waals surface area contributed by atoms with Crippen LogP contribution in [0.1, 0.15) is 0 Å². The van der Waals surface area contributed by atoms with Gasteiger partial charge in [-0.1, -0.05) is 0 Å². The molecule has 2 rings (SSSR count). The third kappa shape index (κ3) is 1.21. The summed E-state index contributed by atoms with van der Waals surface area (Å²) in [6.45, 7) is 0. The zero-order valence-electron chi connectivity index (χ0n) is 7.03. The minimum Gasteiger partial charge on any atom is -0.478 e. The Hall–Kier alpha value is -1.95. The summed E-state index contributed by atoms with van der Waals surface area (Å²) in [5.41, 5.74) is -0.171. The Bertz CT molecular complexity index is 395. The molecule has 14 heavy (non-hydrogen) atoms. The van der Waals surface area contributed by atoms with E-state index in [0.29, 0.717) is 0 Å². The summed E-state index contributed by atoms with van der Waals surface area (Å²) >= 11 is 0. The molecule has 2 heterocycles. The van der Waals surface area contributed by atoms with Gasteiger partial charge in [0.05, 0.1) is 0 Å². The molecule has 0 unspecified atom stereocenters. The molecule has 0 fully saturated rings. The summed E-state index contributed by atoms with van der Waals surface area (Å²) in [5.74, 6) is -0.909. The van der Waals surface area contributed by atoms with Gasteiger partial charge in [-0.2, -0.15) is 0 Å². The molecule has 0 aromatic heterocycles. The van der Waals surface area contributed by atoms with Gasteiger partial charge in [0.15, 0.2) is 6.23 Å². The number of guanidine groups is 1. The van der Waals surface area contributed by atoms with Crippen LogP contribution >= 0.6 is 0 Å². The highest BCUT2D eigenvalue weighted by Crippen LogP contribution is 2.17. The van der Waals surface area contributed by atoms with Crippen LogP contribution in [0.4, 0.5) is 0 Å². The van der Waals surface area contributed by atoms with Crippen LogP contribution in [0, 0.1) is 0 Å². The quantitative estimate of drug-likeness (QED) is 0.590. The van der Waals surface area contributed by atoms with Crippen LogP contribution < -0.4 is 0 Å². The van der Waals surface area contributed by atoms with E-state index in [2.05, 4.69) is 9.98 Å². The second kappa shape index (κ2) is 3.08. The minimum absolute atomic E-state index is 0.171. The molecule has 0 aliphatic carbocycles. The maximum atomic E-state index is 10.7. The van der Waals surface area contributed by atoms with Gasteiger partial charge in [0.25, 0.3) is 0 Å². The van der Waals surface area contributed by atoms with Crippen LogP contribution in [0.3, 0.4) is 0 Å². The standard InChI is InChI=1S/C8H7N3O3/c12-6-5(7(13)14)4-10-8-9-2-1-3-11(6)8/h1-4,6,12H,(H,13,14)/t6-/m0/s1. The molecule has 2 aliphatic rings. The predicted octanol–water partition coefficient (Wildman–Crippen LogP) is -0.457. The van der Waals surface area contributed by atoms with E-state index >= 15 is 0 Å². The predicted molar refractivity (Wildman–Crippen MR) is 48.6 cm³/mol. The van der Waals surface area contributed by atoms with Gasteiger partial charge in [-0.15, -0.1) is 0 Å². The lowest BCUT2D eigenvalue weighted by atomic mass is 10.2. The maximum Gasteiger partial charge on any atom is 0.337 e. The van der Waals surface area contributed by atoms with Crippen molar-refractivity contribution in [1.29, 1.82) is 0 Å². The molecule has 2 aliphatic heterocycles. The maximum absolute atomic E-state index is 10.7. The highest BCUT2D eigenvalue weighted by Gasteiger charge is 2.29. The molecule has 0 aromatic carbocycles. The number of allylic oxidation sites excluding steroid dienone is 1. The van der Waals surface area contributed by atoms with Crippen molar-refractivity contribution in [2.75, 3.05) is 0 Å². The summed E-state index contributed by atoms with van der Waals surface area (Å²) in [4.78, 5) is 19.6. The van der Waals surface area contributed by atoms with Crippen molar-refractivity contribution >= 4 is 18.1 Å². The molecular formula is C8H7N3O3. The molecule has 0 aromatic rings. The molecule has 0 radical (unpaired) electrons. The smallest absolute Gasteiger partial charge is 0.337 e. The molecule has 6 heteroatoms. The van der Waals surface area contributed by atoms with E-state index in [1.807, 2.05) is 0 Å². The van der Waals surface area contributed by atoms with E-state index in [-0.39, 0.29) is 11.5 Å². The Morgan fingerprint density at radius 2 is 2.36 bits per heavy atom. The number of rotatable bonds is 1. The second-order valence-electron chi connectivity index (χ2n) is 2.72. The van der Waals surface area contributed by atoms with Crippen molar-refractivity contribution in [1.82, 2.24) is 4.90 Å². The van der Waals surface area contributed by atoms with Gasteiger partial charge in [-0.25, -0.2) is 14.8 Å². The molecule has 0 bridgehead atoms. The Morgan fingerprint density at radius 1 is 1.57 bits per heavy atom. The molecule has 2 N–H and O–H groups in total. The molecule has 0 amide bonds. The first kappa shape index (κ1) is 8.64. The Labute approximate surface area is 79.2 Å². The largest absolute Gasteiger partial charge is 0.478 e. The Morgan fingerprint density at radius 3 is 3.07 bits per heavy atom. The van der Waals surface area contributed by atoms with Gasteiger partial charge >= 0.3 is 5.97 Å². The fourth-order valence-electron chi connectivity index (χ4n) is 1.17. The number of hydrogen-bond donors (Lipinski definition) is 2. The third-order valence-electron chi connectivity index (χ3n) is 1.86. The van der Waals surface area contributed by atoms with Crippen molar-refractivity contribution in [2.45, 2.75) is 6.23 Å². The summed E-state index contributed by atoms with van der Waals surface area (Å²) in [5, 5.41) is 18.3. The number of aliphatic hydroxyl groups excluding tert-OH is 1. The number of aliphatic hydroxyl groups is 1. The van der Waals surface area contributed by atoms with Gasteiger partial charge in [0.2, 0.25) is 5.96 Å². The number of carboxylic acids is 1. The van der Waals surface area contributed by atoms with Crippen LogP contribution in [0.15, 0.2) is 34.0 Å².